The average Bonchev–Trinajstić information content (AvgIpc) is 3.22. The predicted molar refractivity (Wildman–Crippen MR) is 146 cm³/mol. The number of aromatic nitrogens is 1. The molecule has 0 spiro atoms. The summed E-state index contributed by atoms with van der Waals surface area (Å²) < 4.78 is 2.32. The van der Waals surface area contributed by atoms with Crippen molar-refractivity contribution < 1.29 is 10.0 Å². The molecule has 0 fully saturated rings. The van der Waals surface area contributed by atoms with Gasteiger partial charge >= 0.3 is 7.12 Å². The van der Waals surface area contributed by atoms with Crippen molar-refractivity contribution in [3.05, 3.63) is 121 Å². The minimum absolute atomic E-state index is 0.485. The molecule has 4 heteroatoms. The van der Waals surface area contributed by atoms with Crippen molar-refractivity contribution in [3.8, 4) is 27.9 Å². The second-order valence-electron chi connectivity index (χ2n) is 9.00. The number of rotatable bonds is 4. The lowest BCUT2D eigenvalue weighted by molar-refractivity contribution is 0.426. The number of benzene rings is 5. The van der Waals surface area contributed by atoms with E-state index in [-0.39, 0.29) is 0 Å². The maximum Gasteiger partial charge on any atom is 0.488 e. The van der Waals surface area contributed by atoms with Gasteiger partial charge in [-0.2, -0.15) is 0 Å². The lowest BCUT2D eigenvalue weighted by Gasteiger charge is -2.09. The molecule has 0 atom stereocenters. The molecule has 0 aliphatic heterocycles. The van der Waals surface area contributed by atoms with Crippen LogP contribution in [-0.4, -0.2) is 21.7 Å². The van der Waals surface area contributed by atoms with Crippen LogP contribution in [0.4, 0.5) is 0 Å². The quantitative estimate of drug-likeness (QED) is 0.317. The highest BCUT2D eigenvalue weighted by atomic mass is 16.4. The van der Waals surface area contributed by atoms with Gasteiger partial charge in [-0.25, -0.2) is 0 Å². The Morgan fingerprint density at radius 1 is 0.543 bits per heavy atom. The number of nitrogens with zero attached hydrogens (tertiary/aromatic N) is 1. The molecule has 1 aromatic heterocycles. The molecule has 6 aromatic rings. The molecule has 0 radical (unpaired) electrons. The molecule has 35 heavy (non-hydrogen) atoms. The smallest absolute Gasteiger partial charge is 0.423 e. The Morgan fingerprint density at radius 3 is 1.71 bits per heavy atom. The van der Waals surface area contributed by atoms with Gasteiger partial charge in [0.2, 0.25) is 0 Å². The van der Waals surface area contributed by atoms with Gasteiger partial charge in [0, 0.05) is 16.5 Å². The van der Waals surface area contributed by atoms with Crippen LogP contribution in [0.25, 0.3) is 49.7 Å². The number of para-hydroxylation sites is 1. The maximum atomic E-state index is 9.45. The fraction of sp³-hybridized carbons (Fsp3) is 0.0323. The zero-order valence-corrected chi connectivity index (χ0v) is 19.4. The first-order valence-electron chi connectivity index (χ1n) is 11.8. The van der Waals surface area contributed by atoms with Crippen molar-refractivity contribution in [1.82, 2.24) is 4.57 Å². The van der Waals surface area contributed by atoms with Crippen LogP contribution in [0.2, 0.25) is 0 Å². The van der Waals surface area contributed by atoms with E-state index in [9.17, 15) is 10.0 Å². The molecular weight excluding hydrogens is 429 g/mol. The molecule has 5 aromatic carbocycles. The van der Waals surface area contributed by atoms with Gasteiger partial charge in [0.15, 0.2) is 0 Å². The van der Waals surface area contributed by atoms with E-state index in [0.717, 1.165) is 22.3 Å². The summed E-state index contributed by atoms with van der Waals surface area (Å²) in [6, 6.07) is 39.7. The van der Waals surface area contributed by atoms with Gasteiger partial charge in [0.25, 0.3) is 0 Å². The van der Waals surface area contributed by atoms with Gasteiger partial charge in [0.05, 0.1) is 11.0 Å². The zero-order chi connectivity index (χ0) is 23.9. The summed E-state index contributed by atoms with van der Waals surface area (Å²) in [5.41, 5.74) is 9.70. The van der Waals surface area contributed by atoms with E-state index in [1.54, 1.807) is 12.1 Å². The summed E-state index contributed by atoms with van der Waals surface area (Å²) >= 11 is 0. The molecule has 1 heterocycles. The van der Waals surface area contributed by atoms with Gasteiger partial charge in [-0.1, -0.05) is 84.4 Å². The molecule has 0 bridgehead atoms. The van der Waals surface area contributed by atoms with Crippen LogP contribution < -0.4 is 5.46 Å². The summed E-state index contributed by atoms with van der Waals surface area (Å²) in [5.74, 6) is 0. The highest BCUT2D eigenvalue weighted by molar-refractivity contribution is 6.58. The molecule has 0 aliphatic carbocycles. The SMILES string of the molecule is Cc1cccc(-c2ccc3c(c2)c2cc(-c4ccc(B(O)O)cc4)ccc2n3-c2ccccc2)c1. The van der Waals surface area contributed by atoms with Crippen LogP contribution in [0.15, 0.2) is 115 Å². The first-order valence-corrected chi connectivity index (χ1v) is 11.8. The molecule has 0 amide bonds. The number of fused-ring (bicyclic) bond motifs is 3. The van der Waals surface area contributed by atoms with E-state index >= 15 is 0 Å². The van der Waals surface area contributed by atoms with E-state index < -0.39 is 7.12 Å². The average molecular weight is 453 g/mol. The highest BCUT2D eigenvalue weighted by Crippen LogP contribution is 2.37. The van der Waals surface area contributed by atoms with Crippen molar-refractivity contribution in [2.45, 2.75) is 6.92 Å². The molecule has 0 aliphatic rings. The third-order valence-electron chi connectivity index (χ3n) is 6.67. The Bertz CT molecular complexity index is 1670. The van der Waals surface area contributed by atoms with Gasteiger partial charge in [-0.15, -0.1) is 0 Å². The Balaban J connectivity index is 1.60. The first kappa shape index (κ1) is 21.4. The fourth-order valence-corrected chi connectivity index (χ4v) is 4.91. The third kappa shape index (κ3) is 3.83. The van der Waals surface area contributed by atoms with Gasteiger partial charge in [0.1, 0.15) is 0 Å². The van der Waals surface area contributed by atoms with E-state index in [1.165, 1.54) is 33.0 Å². The summed E-state index contributed by atoms with van der Waals surface area (Å²) in [6.45, 7) is 2.12. The Labute approximate surface area is 204 Å². The van der Waals surface area contributed by atoms with Crippen LogP contribution in [-0.2, 0) is 0 Å². The van der Waals surface area contributed by atoms with Crippen LogP contribution in [0.5, 0.6) is 0 Å². The minimum atomic E-state index is -1.46. The van der Waals surface area contributed by atoms with E-state index in [1.807, 2.05) is 18.2 Å². The molecule has 6 rings (SSSR count). The van der Waals surface area contributed by atoms with Crippen molar-refractivity contribution in [1.29, 1.82) is 0 Å². The molecule has 2 N–H and O–H groups in total. The molecule has 0 saturated carbocycles. The van der Waals surface area contributed by atoms with Gasteiger partial charge in [-0.05, 0) is 71.0 Å². The number of aryl methyl sites for hydroxylation is 1. The van der Waals surface area contributed by atoms with Gasteiger partial charge < -0.3 is 14.6 Å². The maximum absolute atomic E-state index is 9.45. The molecule has 3 nitrogen and oxygen atoms in total. The van der Waals surface area contributed by atoms with E-state index in [4.69, 9.17) is 0 Å². The standard InChI is InChI=1S/C31H24BNO2/c1-21-6-5-7-23(18-21)25-13-17-31-29(20-25)28-19-24(22-10-14-26(15-11-22)32(34)35)12-16-30(28)33(31)27-8-3-2-4-9-27/h2-20,34-35H,1H3. The molecule has 168 valence electrons. The van der Waals surface area contributed by atoms with Crippen LogP contribution in [0, 0.1) is 6.92 Å². The second-order valence-corrected chi connectivity index (χ2v) is 9.00. The lowest BCUT2D eigenvalue weighted by atomic mass is 9.80. The summed E-state index contributed by atoms with van der Waals surface area (Å²) in [4.78, 5) is 0. The van der Waals surface area contributed by atoms with Crippen molar-refractivity contribution in [3.63, 3.8) is 0 Å². The topological polar surface area (TPSA) is 45.4 Å². The van der Waals surface area contributed by atoms with Crippen LogP contribution >= 0.6 is 0 Å². The normalized spacial score (nSPS) is 11.3. The second kappa shape index (κ2) is 8.59. The number of hydrogen-bond acceptors (Lipinski definition) is 2. The summed E-state index contributed by atoms with van der Waals surface area (Å²) in [6.07, 6.45) is 0. The minimum Gasteiger partial charge on any atom is -0.423 e. The predicted octanol–water partition coefficient (Wildman–Crippen LogP) is 6.11. The zero-order valence-electron chi connectivity index (χ0n) is 19.4. The Morgan fingerprint density at radius 2 is 1.11 bits per heavy atom. The Kier molecular flexibility index (Phi) is 5.26. The Hall–Kier alpha value is -4.12. The van der Waals surface area contributed by atoms with Gasteiger partial charge in [-0.3, -0.25) is 0 Å². The van der Waals surface area contributed by atoms with Crippen molar-refractivity contribution in [2.24, 2.45) is 0 Å². The number of hydrogen-bond donors (Lipinski definition) is 2. The van der Waals surface area contributed by atoms with E-state index in [0.29, 0.717) is 5.46 Å². The first-order chi connectivity index (χ1) is 17.1. The highest BCUT2D eigenvalue weighted by Gasteiger charge is 2.15. The van der Waals surface area contributed by atoms with Crippen molar-refractivity contribution in [2.75, 3.05) is 0 Å². The van der Waals surface area contributed by atoms with Crippen LogP contribution in [0.1, 0.15) is 5.56 Å². The monoisotopic (exact) mass is 453 g/mol. The molecule has 0 saturated heterocycles. The third-order valence-corrected chi connectivity index (χ3v) is 6.67. The van der Waals surface area contributed by atoms with Crippen molar-refractivity contribution >= 4 is 34.4 Å². The molecular formula is C31H24BNO2. The summed E-state index contributed by atoms with van der Waals surface area (Å²) in [7, 11) is -1.46. The molecule has 0 unspecified atom stereocenters. The fourth-order valence-electron chi connectivity index (χ4n) is 4.91. The lowest BCUT2D eigenvalue weighted by Crippen LogP contribution is -2.29. The largest absolute Gasteiger partial charge is 0.488 e. The summed E-state index contributed by atoms with van der Waals surface area (Å²) in [5, 5.41) is 21.3. The van der Waals surface area contributed by atoms with E-state index in [2.05, 4.69) is 96.4 Å². The van der Waals surface area contributed by atoms with Crippen LogP contribution in [0.3, 0.4) is 0 Å².